The predicted octanol–water partition coefficient (Wildman–Crippen LogP) is 3.63. The highest BCUT2D eigenvalue weighted by molar-refractivity contribution is 5.97. The number of ketones is 1. The highest BCUT2D eigenvalue weighted by Gasteiger charge is 2.42. The molecule has 31 heavy (non-hydrogen) atoms. The van der Waals surface area contributed by atoms with Crippen molar-refractivity contribution in [2.75, 3.05) is 25.7 Å². The van der Waals surface area contributed by atoms with E-state index in [2.05, 4.69) is 0 Å². The highest BCUT2D eigenvalue weighted by Crippen LogP contribution is 2.42. The number of anilines is 1. The molecule has 0 aromatic heterocycles. The Morgan fingerprint density at radius 3 is 2.32 bits per heavy atom. The van der Waals surface area contributed by atoms with E-state index < -0.39 is 17.9 Å². The summed E-state index contributed by atoms with van der Waals surface area (Å²) >= 11 is 0. The minimum Gasteiger partial charge on any atom is -0.493 e. The molecule has 1 aliphatic heterocycles. The molecule has 7 nitrogen and oxygen atoms in total. The van der Waals surface area contributed by atoms with E-state index in [-0.39, 0.29) is 24.7 Å². The van der Waals surface area contributed by atoms with Crippen molar-refractivity contribution in [3.8, 4) is 11.5 Å². The summed E-state index contributed by atoms with van der Waals surface area (Å²) in [6.45, 7) is 3.05. The first-order valence-electron chi connectivity index (χ1n) is 10.1. The van der Waals surface area contributed by atoms with Crippen LogP contribution in [0, 0.1) is 12.8 Å². The number of hydrogen-bond acceptors (Lipinski definition) is 6. The van der Waals surface area contributed by atoms with Crippen LogP contribution in [0.1, 0.15) is 36.9 Å². The van der Waals surface area contributed by atoms with E-state index in [0.29, 0.717) is 23.6 Å². The maximum absolute atomic E-state index is 13.0. The molecule has 1 fully saturated rings. The van der Waals surface area contributed by atoms with Crippen LogP contribution < -0.4 is 14.4 Å². The molecule has 1 aliphatic rings. The van der Waals surface area contributed by atoms with Crippen LogP contribution in [0.15, 0.2) is 42.5 Å². The number of Topliss-reactive ketones (excluding diaryl/α,β-unsaturated/α-hetero) is 1. The summed E-state index contributed by atoms with van der Waals surface area (Å²) in [7, 11) is 3.08. The predicted molar refractivity (Wildman–Crippen MR) is 115 cm³/mol. The Bertz CT molecular complexity index is 969. The third kappa shape index (κ3) is 4.87. The van der Waals surface area contributed by atoms with Gasteiger partial charge in [-0.15, -0.1) is 0 Å². The number of carbonyl (C=O) groups is 3. The molecule has 1 heterocycles. The monoisotopic (exact) mass is 425 g/mol. The van der Waals surface area contributed by atoms with Gasteiger partial charge in [0.05, 0.1) is 26.2 Å². The van der Waals surface area contributed by atoms with Gasteiger partial charge in [0.2, 0.25) is 5.91 Å². The van der Waals surface area contributed by atoms with Crippen LogP contribution in [0.3, 0.4) is 0 Å². The van der Waals surface area contributed by atoms with E-state index in [1.807, 2.05) is 37.3 Å². The normalized spacial score (nSPS) is 18.5. The number of ether oxygens (including phenoxy) is 3. The van der Waals surface area contributed by atoms with Crippen LogP contribution in [0.25, 0.3) is 0 Å². The van der Waals surface area contributed by atoms with Crippen molar-refractivity contribution in [2.24, 2.45) is 5.92 Å². The SMILES string of the molecule is COc1ccc([C@H]2[C@H](C(=O)OCC(C)=O)CCC(=O)N2c2ccc(C)cc2)cc1OC. The van der Waals surface area contributed by atoms with Gasteiger partial charge >= 0.3 is 5.97 Å². The first-order valence-corrected chi connectivity index (χ1v) is 10.1. The first-order chi connectivity index (χ1) is 14.8. The number of hydrogen-bond donors (Lipinski definition) is 0. The maximum atomic E-state index is 13.0. The fourth-order valence-corrected chi connectivity index (χ4v) is 3.85. The van der Waals surface area contributed by atoms with E-state index in [9.17, 15) is 14.4 Å². The van der Waals surface area contributed by atoms with Crippen LogP contribution in [0.5, 0.6) is 11.5 Å². The molecule has 2 aromatic carbocycles. The smallest absolute Gasteiger partial charge is 0.311 e. The van der Waals surface area contributed by atoms with Crippen LogP contribution in [0.4, 0.5) is 5.69 Å². The molecule has 3 rings (SSSR count). The summed E-state index contributed by atoms with van der Waals surface area (Å²) in [4.78, 5) is 38.9. The average molecular weight is 425 g/mol. The molecule has 0 unspecified atom stereocenters. The van der Waals surface area contributed by atoms with E-state index in [4.69, 9.17) is 14.2 Å². The fourth-order valence-electron chi connectivity index (χ4n) is 3.85. The molecule has 0 aliphatic carbocycles. The summed E-state index contributed by atoms with van der Waals surface area (Å²) in [5, 5.41) is 0. The van der Waals surface area contributed by atoms with Crippen molar-refractivity contribution >= 4 is 23.3 Å². The third-order valence-electron chi connectivity index (χ3n) is 5.38. The number of methoxy groups -OCH3 is 2. The van der Waals surface area contributed by atoms with Crippen LogP contribution in [-0.2, 0) is 19.1 Å². The Labute approximate surface area is 181 Å². The lowest BCUT2D eigenvalue weighted by Crippen LogP contribution is -2.46. The summed E-state index contributed by atoms with van der Waals surface area (Å²) in [6.07, 6.45) is 0.536. The quantitative estimate of drug-likeness (QED) is 0.630. The highest BCUT2D eigenvalue weighted by atomic mass is 16.5. The van der Waals surface area contributed by atoms with Crippen LogP contribution in [0.2, 0.25) is 0 Å². The van der Waals surface area contributed by atoms with Gasteiger partial charge in [-0.1, -0.05) is 23.8 Å². The Balaban J connectivity index is 2.09. The molecular weight excluding hydrogens is 398 g/mol. The van der Waals surface area contributed by atoms with Crippen molar-refractivity contribution in [3.63, 3.8) is 0 Å². The van der Waals surface area contributed by atoms with Crippen molar-refractivity contribution in [1.29, 1.82) is 0 Å². The topological polar surface area (TPSA) is 82.1 Å². The number of aryl methyl sites for hydroxylation is 1. The number of carbonyl (C=O) groups excluding carboxylic acids is 3. The van der Waals surface area contributed by atoms with E-state index in [1.54, 1.807) is 24.1 Å². The second kappa shape index (κ2) is 9.64. The zero-order valence-electron chi connectivity index (χ0n) is 18.2. The fraction of sp³-hybridized carbons (Fsp3) is 0.375. The lowest BCUT2D eigenvalue weighted by atomic mass is 9.83. The zero-order valence-corrected chi connectivity index (χ0v) is 18.2. The van der Waals surface area contributed by atoms with E-state index in [1.165, 1.54) is 14.0 Å². The summed E-state index contributed by atoms with van der Waals surface area (Å²) in [5.74, 6) is -0.405. The molecule has 0 N–H and O–H groups in total. The van der Waals surface area contributed by atoms with Crippen LogP contribution >= 0.6 is 0 Å². The van der Waals surface area contributed by atoms with Gasteiger partial charge < -0.3 is 19.1 Å². The van der Waals surface area contributed by atoms with E-state index >= 15 is 0 Å². The Hall–Kier alpha value is -3.35. The standard InChI is InChI=1S/C24H27NO6/c1-15-5-8-18(9-6-15)25-22(27)12-10-19(24(28)31-14-16(2)26)23(25)17-7-11-20(29-3)21(13-17)30-4/h5-9,11,13,19,23H,10,12,14H2,1-4H3/t19-,23+/m1/s1. The van der Waals surface area contributed by atoms with Crippen molar-refractivity contribution < 1.29 is 28.6 Å². The van der Waals surface area contributed by atoms with Gasteiger partial charge in [-0.05, 0) is 50.1 Å². The van der Waals surface area contributed by atoms with Gasteiger partial charge in [0.1, 0.15) is 6.61 Å². The minimum atomic E-state index is -0.628. The molecule has 0 bridgehead atoms. The Kier molecular flexibility index (Phi) is 6.95. The Morgan fingerprint density at radius 1 is 1.03 bits per heavy atom. The third-order valence-corrected chi connectivity index (χ3v) is 5.38. The molecule has 0 radical (unpaired) electrons. The lowest BCUT2D eigenvalue weighted by Gasteiger charge is -2.40. The number of esters is 1. The Morgan fingerprint density at radius 2 is 1.71 bits per heavy atom. The molecule has 1 amide bonds. The maximum Gasteiger partial charge on any atom is 0.311 e. The largest absolute Gasteiger partial charge is 0.493 e. The minimum absolute atomic E-state index is 0.0840. The summed E-state index contributed by atoms with van der Waals surface area (Å²) < 4.78 is 16.0. The summed E-state index contributed by atoms with van der Waals surface area (Å²) in [5.41, 5.74) is 2.48. The van der Waals surface area contributed by atoms with Gasteiger partial charge in [-0.25, -0.2) is 0 Å². The lowest BCUT2D eigenvalue weighted by molar-refractivity contribution is -0.153. The summed E-state index contributed by atoms with van der Waals surface area (Å²) in [6, 6.07) is 12.3. The molecule has 164 valence electrons. The zero-order chi connectivity index (χ0) is 22.5. The van der Waals surface area contributed by atoms with Gasteiger partial charge in [-0.3, -0.25) is 14.4 Å². The second-order valence-electron chi connectivity index (χ2n) is 7.61. The number of rotatable bonds is 7. The molecule has 0 spiro atoms. The molecular formula is C24H27NO6. The van der Waals surface area contributed by atoms with Gasteiger partial charge in [0.15, 0.2) is 17.3 Å². The van der Waals surface area contributed by atoms with Crippen molar-refractivity contribution in [1.82, 2.24) is 0 Å². The van der Waals surface area contributed by atoms with Gasteiger partial charge in [0.25, 0.3) is 0 Å². The molecule has 2 aromatic rings. The van der Waals surface area contributed by atoms with Gasteiger partial charge in [-0.2, -0.15) is 0 Å². The number of benzene rings is 2. The second-order valence-corrected chi connectivity index (χ2v) is 7.61. The van der Waals surface area contributed by atoms with Crippen LogP contribution in [-0.4, -0.2) is 38.5 Å². The van der Waals surface area contributed by atoms with E-state index in [0.717, 1.165) is 11.1 Å². The van der Waals surface area contributed by atoms with Gasteiger partial charge in [0, 0.05) is 12.1 Å². The molecule has 1 saturated heterocycles. The number of piperidine rings is 1. The molecule has 7 heteroatoms. The molecule has 2 atom stereocenters. The average Bonchev–Trinajstić information content (AvgIpc) is 2.77. The van der Waals surface area contributed by atoms with Crippen molar-refractivity contribution in [2.45, 2.75) is 32.7 Å². The van der Waals surface area contributed by atoms with Crippen molar-refractivity contribution in [3.05, 3.63) is 53.6 Å². The number of nitrogens with zero attached hydrogens (tertiary/aromatic N) is 1. The number of amides is 1. The first kappa shape index (κ1) is 22.3. The molecule has 0 saturated carbocycles.